The fourth-order valence-electron chi connectivity index (χ4n) is 3.32. The Labute approximate surface area is 179 Å². The van der Waals surface area contributed by atoms with Gasteiger partial charge < -0.3 is 5.32 Å². The van der Waals surface area contributed by atoms with Crippen molar-refractivity contribution < 1.29 is 4.79 Å². The predicted octanol–water partition coefficient (Wildman–Crippen LogP) is 2.78. The van der Waals surface area contributed by atoms with Gasteiger partial charge in [-0.2, -0.15) is 5.10 Å². The first-order valence-electron chi connectivity index (χ1n) is 10.1. The summed E-state index contributed by atoms with van der Waals surface area (Å²) in [5, 5.41) is 7.57. The predicted molar refractivity (Wildman–Crippen MR) is 121 cm³/mol. The lowest BCUT2D eigenvalue weighted by atomic mass is 10.1. The summed E-state index contributed by atoms with van der Waals surface area (Å²) in [7, 11) is 0. The average Bonchev–Trinajstić information content (AvgIpc) is 3.20. The van der Waals surface area contributed by atoms with Crippen molar-refractivity contribution >= 4 is 23.0 Å². The minimum absolute atomic E-state index is 0.130. The van der Waals surface area contributed by atoms with E-state index in [4.69, 9.17) is 0 Å². The van der Waals surface area contributed by atoms with Crippen LogP contribution in [0.4, 0.5) is 0 Å². The molecule has 7 heteroatoms. The number of rotatable bonds is 7. The second kappa shape index (κ2) is 9.21. The largest absolute Gasteiger partial charge is 0.351 e. The molecule has 4 aromatic rings. The van der Waals surface area contributed by atoms with E-state index in [0.29, 0.717) is 30.7 Å². The smallest absolute Gasteiger partial charge is 0.264 e. The number of hydrogen-bond donors (Lipinski definition) is 1. The van der Waals surface area contributed by atoms with Gasteiger partial charge in [0.05, 0.1) is 19.3 Å². The van der Waals surface area contributed by atoms with Gasteiger partial charge in [0.2, 0.25) is 5.91 Å². The maximum atomic E-state index is 12.9. The molecule has 0 atom stereocenters. The number of nitrogens with zero attached hydrogens (tertiary/aromatic N) is 4. The monoisotopic (exact) mass is 413 g/mol. The minimum atomic E-state index is -0.186. The van der Waals surface area contributed by atoms with E-state index in [-0.39, 0.29) is 11.5 Å². The van der Waals surface area contributed by atoms with Crippen molar-refractivity contribution in [2.24, 2.45) is 0 Å². The van der Waals surface area contributed by atoms with Crippen molar-refractivity contribution in [1.29, 1.82) is 0 Å². The van der Waals surface area contributed by atoms with E-state index in [0.717, 1.165) is 16.7 Å². The summed E-state index contributed by atoms with van der Waals surface area (Å²) < 4.78 is 3.23. The zero-order valence-corrected chi connectivity index (χ0v) is 17.2. The highest BCUT2D eigenvalue weighted by Gasteiger charge is 2.11. The summed E-state index contributed by atoms with van der Waals surface area (Å²) >= 11 is 0. The van der Waals surface area contributed by atoms with Gasteiger partial charge in [0.1, 0.15) is 11.7 Å². The number of carbonyl (C=O) groups is 1. The molecule has 1 amide bonds. The number of amides is 1. The average molecular weight is 413 g/mol. The van der Waals surface area contributed by atoms with E-state index in [1.165, 1.54) is 12.3 Å². The van der Waals surface area contributed by atoms with Crippen molar-refractivity contribution in [3.05, 3.63) is 100 Å². The van der Waals surface area contributed by atoms with Gasteiger partial charge in [0, 0.05) is 12.6 Å². The highest BCUT2D eigenvalue weighted by molar-refractivity contribution is 5.91. The van der Waals surface area contributed by atoms with E-state index in [2.05, 4.69) is 15.4 Å². The lowest BCUT2D eigenvalue weighted by molar-refractivity contribution is -0.116. The van der Waals surface area contributed by atoms with E-state index in [1.807, 2.05) is 61.5 Å². The van der Waals surface area contributed by atoms with Gasteiger partial charge in [-0.05, 0) is 29.7 Å². The molecule has 31 heavy (non-hydrogen) atoms. The molecule has 2 heterocycles. The van der Waals surface area contributed by atoms with Gasteiger partial charge in [-0.15, -0.1) is 0 Å². The van der Waals surface area contributed by atoms with E-state index < -0.39 is 0 Å². The van der Waals surface area contributed by atoms with Crippen LogP contribution in [0.2, 0.25) is 0 Å². The fraction of sp³-hybridized carbons (Fsp3) is 0.167. The van der Waals surface area contributed by atoms with Gasteiger partial charge in [-0.25, -0.2) is 9.67 Å². The fourth-order valence-corrected chi connectivity index (χ4v) is 3.32. The molecular formula is C24H23N5O2. The molecule has 0 unspecified atom stereocenters. The first kappa shape index (κ1) is 20.3. The molecule has 0 radical (unpaired) electrons. The number of fused-ring (bicyclic) bond motifs is 1. The van der Waals surface area contributed by atoms with Gasteiger partial charge >= 0.3 is 0 Å². The maximum absolute atomic E-state index is 12.9. The van der Waals surface area contributed by atoms with Crippen LogP contribution in [0.15, 0.2) is 78.0 Å². The minimum Gasteiger partial charge on any atom is -0.351 e. The van der Waals surface area contributed by atoms with Crippen LogP contribution in [0, 0.1) is 6.92 Å². The third-order valence-electron chi connectivity index (χ3n) is 5.07. The Kier molecular flexibility index (Phi) is 6.03. The Morgan fingerprint density at radius 3 is 2.68 bits per heavy atom. The SMILES string of the molecule is Cc1ccccc1Cn1cnc2c(cnn2CCNC(=O)/C=C/c2ccccc2)c1=O. The van der Waals surface area contributed by atoms with Gasteiger partial charge in [0.25, 0.3) is 5.56 Å². The molecule has 4 rings (SSSR count). The first-order valence-corrected chi connectivity index (χ1v) is 10.1. The van der Waals surface area contributed by atoms with Crippen LogP contribution < -0.4 is 10.9 Å². The Hall–Kier alpha value is -4.00. The lowest BCUT2D eigenvalue weighted by Gasteiger charge is -2.08. The summed E-state index contributed by atoms with van der Waals surface area (Å²) in [4.78, 5) is 29.3. The van der Waals surface area contributed by atoms with Gasteiger partial charge in [-0.3, -0.25) is 14.2 Å². The van der Waals surface area contributed by atoms with Crippen LogP contribution in [0.1, 0.15) is 16.7 Å². The molecule has 0 bridgehead atoms. The number of aryl methyl sites for hydroxylation is 1. The number of nitrogens with one attached hydrogen (secondary N) is 1. The Balaban J connectivity index is 1.41. The summed E-state index contributed by atoms with van der Waals surface area (Å²) in [5.74, 6) is -0.186. The molecule has 0 saturated heterocycles. The Bertz CT molecular complexity index is 1290. The van der Waals surface area contributed by atoms with Crippen molar-refractivity contribution in [3.63, 3.8) is 0 Å². The van der Waals surface area contributed by atoms with Crippen molar-refractivity contribution in [3.8, 4) is 0 Å². The number of carbonyl (C=O) groups excluding carboxylic acids is 1. The molecule has 0 fully saturated rings. The summed E-state index contributed by atoms with van der Waals surface area (Å²) in [6.45, 7) is 3.28. The van der Waals surface area contributed by atoms with E-state index in [1.54, 1.807) is 21.7 Å². The maximum Gasteiger partial charge on any atom is 0.264 e. The second-order valence-electron chi connectivity index (χ2n) is 7.24. The van der Waals surface area contributed by atoms with Crippen molar-refractivity contribution in [2.75, 3.05) is 6.54 Å². The molecule has 2 aromatic heterocycles. The quantitative estimate of drug-likeness (QED) is 0.473. The van der Waals surface area contributed by atoms with Crippen LogP contribution in [0.25, 0.3) is 17.1 Å². The van der Waals surface area contributed by atoms with E-state index >= 15 is 0 Å². The molecule has 2 aromatic carbocycles. The molecule has 156 valence electrons. The Morgan fingerprint density at radius 1 is 1.10 bits per heavy atom. The normalized spacial score (nSPS) is 11.3. The third-order valence-corrected chi connectivity index (χ3v) is 5.07. The molecule has 0 aliphatic carbocycles. The Morgan fingerprint density at radius 2 is 1.87 bits per heavy atom. The summed E-state index contributed by atoms with van der Waals surface area (Å²) in [6, 6.07) is 17.6. The van der Waals surface area contributed by atoms with Crippen molar-refractivity contribution in [2.45, 2.75) is 20.0 Å². The standard InChI is InChI=1S/C24H23N5O2/c1-18-7-5-6-10-20(18)16-28-17-26-23-21(24(28)31)15-27-29(23)14-13-25-22(30)12-11-19-8-3-2-4-9-19/h2-12,15,17H,13-14,16H2,1H3,(H,25,30)/b12-11+. The van der Waals surface area contributed by atoms with Gasteiger partial charge in [0.15, 0.2) is 5.65 Å². The zero-order valence-electron chi connectivity index (χ0n) is 17.2. The molecule has 0 saturated carbocycles. The van der Waals surface area contributed by atoms with Crippen LogP contribution in [-0.4, -0.2) is 31.8 Å². The van der Waals surface area contributed by atoms with Crippen LogP contribution in [-0.2, 0) is 17.9 Å². The zero-order chi connectivity index (χ0) is 21.6. The molecular weight excluding hydrogens is 390 g/mol. The molecule has 1 N–H and O–H groups in total. The van der Waals surface area contributed by atoms with Crippen LogP contribution >= 0.6 is 0 Å². The lowest BCUT2D eigenvalue weighted by Crippen LogP contribution is -2.26. The van der Waals surface area contributed by atoms with Gasteiger partial charge in [-0.1, -0.05) is 54.6 Å². The van der Waals surface area contributed by atoms with Crippen LogP contribution in [0.5, 0.6) is 0 Å². The molecule has 7 nitrogen and oxygen atoms in total. The molecule has 0 spiro atoms. The van der Waals surface area contributed by atoms with Crippen molar-refractivity contribution in [1.82, 2.24) is 24.6 Å². The number of hydrogen-bond acceptors (Lipinski definition) is 4. The number of benzene rings is 2. The second-order valence-corrected chi connectivity index (χ2v) is 7.24. The third kappa shape index (κ3) is 4.78. The van der Waals surface area contributed by atoms with E-state index in [9.17, 15) is 9.59 Å². The first-order chi connectivity index (χ1) is 15.1. The highest BCUT2D eigenvalue weighted by Crippen LogP contribution is 2.10. The summed E-state index contributed by atoms with van der Waals surface area (Å²) in [5.41, 5.74) is 3.54. The topological polar surface area (TPSA) is 81.8 Å². The van der Waals surface area contributed by atoms with Crippen LogP contribution in [0.3, 0.4) is 0 Å². The molecule has 0 aliphatic heterocycles. The molecule has 0 aliphatic rings. The highest BCUT2D eigenvalue weighted by atomic mass is 16.1. The number of aromatic nitrogens is 4. The summed E-state index contributed by atoms with van der Waals surface area (Å²) in [6.07, 6.45) is 6.35.